The normalized spacial score (nSPS) is 20.5. The molecule has 0 spiro atoms. The molecule has 0 unspecified atom stereocenters. The van der Waals surface area contributed by atoms with Gasteiger partial charge in [-0.1, -0.05) is 12.1 Å². The van der Waals surface area contributed by atoms with Gasteiger partial charge in [-0.15, -0.1) is 11.8 Å². The summed E-state index contributed by atoms with van der Waals surface area (Å²) in [6.07, 6.45) is 4.03. The molecule has 6 heteroatoms. The van der Waals surface area contributed by atoms with Crippen LogP contribution in [-0.2, 0) is 6.54 Å². The molecule has 0 aliphatic heterocycles. The third kappa shape index (κ3) is 3.51. The van der Waals surface area contributed by atoms with Crippen LogP contribution in [0, 0.1) is 0 Å². The summed E-state index contributed by atoms with van der Waals surface area (Å²) in [5.74, 6) is 1.51. The monoisotopic (exact) mass is 315 g/mol. The molecule has 0 bridgehead atoms. The van der Waals surface area contributed by atoms with Crippen molar-refractivity contribution in [2.45, 2.75) is 36.2 Å². The Labute approximate surface area is 134 Å². The lowest BCUT2D eigenvalue weighted by molar-refractivity contribution is 0.345. The SMILES string of the molecule is CSc1cccc(CNc2cc(C3CC(N)C3)nc(N)n2)c1. The average molecular weight is 315 g/mol. The fraction of sp³-hybridized carbons (Fsp3) is 0.375. The first kappa shape index (κ1) is 15.1. The van der Waals surface area contributed by atoms with Crippen molar-refractivity contribution in [2.75, 3.05) is 17.3 Å². The minimum absolute atomic E-state index is 0.298. The molecule has 1 heterocycles. The van der Waals surface area contributed by atoms with E-state index in [2.05, 4.69) is 45.8 Å². The molecule has 116 valence electrons. The second kappa shape index (κ2) is 6.54. The Morgan fingerprint density at radius 2 is 2.09 bits per heavy atom. The highest BCUT2D eigenvalue weighted by Gasteiger charge is 2.29. The van der Waals surface area contributed by atoms with Crippen LogP contribution in [-0.4, -0.2) is 22.3 Å². The van der Waals surface area contributed by atoms with Crippen LogP contribution in [0.4, 0.5) is 11.8 Å². The van der Waals surface area contributed by atoms with E-state index in [1.165, 1.54) is 10.5 Å². The van der Waals surface area contributed by atoms with Gasteiger partial charge in [-0.3, -0.25) is 0 Å². The summed E-state index contributed by atoms with van der Waals surface area (Å²) < 4.78 is 0. The summed E-state index contributed by atoms with van der Waals surface area (Å²) in [5, 5.41) is 3.34. The summed E-state index contributed by atoms with van der Waals surface area (Å²) in [7, 11) is 0. The van der Waals surface area contributed by atoms with Crippen molar-refractivity contribution in [1.29, 1.82) is 0 Å². The van der Waals surface area contributed by atoms with Gasteiger partial charge in [0.2, 0.25) is 5.95 Å². The van der Waals surface area contributed by atoms with Crippen molar-refractivity contribution in [3.05, 3.63) is 41.6 Å². The maximum Gasteiger partial charge on any atom is 0.222 e. The average Bonchev–Trinajstić information content (AvgIpc) is 2.49. The van der Waals surface area contributed by atoms with Crippen LogP contribution in [0.2, 0.25) is 0 Å². The second-order valence-corrected chi connectivity index (χ2v) is 6.55. The molecule has 0 amide bonds. The van der Waals surface area contributed by atoms with Crippen molar-refractivity contribution in [3.8, 4) is 0 Å². The highest BCUT2D eigenvalue weighted by molar-refractivity contribution is 7.98. The number of hydrogen-bond donors (Lipinski definition) is 3. The van der Waals surface area contributed by atoms with E-state index in [1.54, 1.807) is 11.8 Å². The Balaban J connectivity index is 1.69. The summed E-state index contributed by atoms with van der Waals surface area (Å²) >= 11 is 1.74. The van der Waals surface area contributed by atoms with Gasteiger partial charge in [0.25, 0.3) is 0 Å². The molecular weight excluding hydrogens is 294 g/mol. The van der Waals surface area contributed by atoms with Crippen molar-refractivity contribution in [3.63, 3.8) is 0 Å². The van der Waals surface area contributed by atoms with Gasteiger partial charge < -0.3 is 16.8 Å². The highest BCUT2D eigenvalue weighted by atomic mass is 32.2. The second-order valence-electron chi connectivity index (χ2n) is 5.67. The molecule has 0 saturated heterocycles. The molecule has 1 saturated carbocycles. The Bertz CT molecular complexity index is 655. The molecule has 0 radical (unpaired) electrons. The lowest BCUT2D eigenvalue weighted by atomic mass is 9.78. The molecule has 1 fully saturated rings. The summed E-state index contributed by atoms with van der Waals surface area (Å²) in [6.45, 7) is 0.717. The quantitative estimate of drug-likeness (QED) is 0.735. The molecule has 3 rings (SSSR count). The molecule has 2 aromatic rings. The van der Waals surface area contributed by atoms with Crippen molar-refractivity contribution in [1.82, 2.24) is 9.97 Å². The summed E-state index contributed by atoms with van der Waals surface area (Å²) in [6, 6.07) is 10.7. The molecule has 5 nitrogen and oxygen atoms in total. The molecular formula is C16H21N5S. The zero-order valence-corrected chi connectivity index (χ0v) is 13.4. The predicted molar refractivity (Wildman–Crippen MR) is 91.9 cm³/mol. The minimum Gasteiger partial charge on any atom is -0.368 e. The smallest absolute Gasteiger partial charge is 0.222 e. The first-order chi connectivity index (χ1) is 10.6. The molecule has 1 aromatic carbocycles. The lowest BCUT2D eigenvalue weighted by Gasteiger charge is -2.32. The number of benzene rings is 1. The minimum atomic E-state index is 0.298. The number of rotatable bonds is 5. The summed E-state index contributed by atoms with van der Waals surface area (Å²) in [5.41, 5.74) is 13.9. The fourth-order valence-corrected chi connectivity index (χ4v) is 3.15. The largest absolute Gasteiger partial charge is 0.368 e. The van der Waals surface area contributed by atoms with Crippen LogP contribution in [0.5, 0.6) is 0 Å². The molecule has 5 N–H and O–H groups in total. The first-order valence-electron chi connectivity index (χ1n) is 7.41. The van der Waals surface area contributed by atoms with E-state index in [-0.39, 0.29) is 0 Å². The molecule has 1 aliphatic carbocycles. The first-order valence-corrected chi connectivity index (χ1v) is 8.63. The number of nitrogens with one attached hydrogen (secondary N) is 1. The molecule has 1 aliphatic rings. The van der Waals surface area contributed by atoms with Crippen LogP contribution in [0.1, 0.15) is 30.0 Å². The number of nitrogens with zero attached hydrogens (tertiary/aromatic N) is 2. The number of thioether (sulfide) groups is 1. The van der Waals surface area contributed by atoms with Gasteiger partial charge in [-0.05, 0) is 36.8 Å². The van der Waals surface area contributed by atoms with Crippen LogP contribution < -0.4 is 16.8 Å². The van der Waals surface area contributed by atoms with Crippen LogP contribution >= 0.6 is 11.8 Å². The topological polar surface area (TPSA) is 89.8 Å². The number of anilines is 2. The van der Waals surface area contributed by atoms with Crippen molar-refractivity contribution < 1.29 is 0 Å². The van der Waals surface area contributed by atoms with Gasteiger partial charge in [-0.2, -0.15) is 4.98 Å². The zero-order chi connectivity index (χ0) is 15.5. The Morgan fingerprint density at radius 1 is 1.27 bits per heavy atom. The maximum absolute atomic E-state index is 5.85. The Kier molecular flexibility index (Phi) is 4.49. The molecule has 1 aromatic heterocycles. The number of nitrogens with two attached hydrogens (primary N) is 2. The number of hydrogen-bond acceptors (Lipinski definition) is 6. The van der Waals surface area contributed by atoms with Gasteiger partial charge in [-0.25, -0.2) is 4.98 Å². The van der Waals surface area contributed by atoms with E-state index in [9.17, 15) is 0 Å². The Morgan fingerprint density at radius 3 is 2.82 bits per heavy atom. The van der Waals surface area contributed by atoms with Gasteiger partial charge in [0, 0.05) is 29.5 Å². The van der Waals surface area contributed by atoms with E-state index in [0.717, 1.165) is 24.4 Å². The Hall–Kier alpha value is -1.79. The van der Waals surface area contributed by atoms with Crippen molar-refractivity contribution >= 4 is 23.5 Å². The molecule has 0 atom stereocenters. The lowest BCUT2D eigenvalue weighted by Crippen LogP contribution is -2.35. The number of aromatic nitrogens is 2. The van der Waals surface area contributed by atoms with Gasteiger partial charge in [0.15, 0.2) is 0 Å². The van der Waals surface area contributed by atoms with E-state index in [0.29, 0.717) is 24.5 Å². The van der Waals surface area contributed by atoms with E-state index >= 15 is 0 Å². The third-order valence-electron chi connectivity index (χ3n) is 3.96. The fourth-order valence-electron chi connectivity index (χ4n) is 2.66. The van der Waals surface area contributed by atoms with E-state index in [1.807, 2.05) is 6.07 Å². The standard InChI is InChI=1S/C16H21N5S/c1-22-13-4-2-3-10(5-13)9-19-15-8-14(20-16(18)21-15)11-6-12(17)7-11/h2-5,8,11-12H,6-7,9,17H2,1H3,(H3,18,19,20,21). The third-order valence-corrected chi connectivity index (χ3v) is 4.69. The van der Waals surface area contributed by atoms with E-state index < -0.39 is 0 Å². The summed E-state index contributed by atoms with van der Waals surface area (Å²) in [4.78, 5) is 9.87. The van der Waals surface area contributed by atoms with Crippen molar-refractivity contribution in [2.24, 2.45) is 5.73 Å². The van der Waals surface area contributed by atoms with Gasteiger partial charge in [0.1, 0.15) is 5.82 Å². The van der Waals surface area contributed by atoms with Crippen LogP contribution in [0.3, 0.4) is 0 Å². The number of nitrogen functional groups attached to an aromatic ring is 1. The van der Waals surface area contributed by atoms with Crippen LogP contribution in [0.25, 0.3) is 0 Å². The van der Waals surface area contributed by atoms with Gasteiger partial charge in [0.05, 0.1) is 5.69 Å². The highest BCUT2D eigenvalue weighted by Crippen LogP contribution is 2.35. The van der Waals surface area contributed by atoms with Crippen LogP contribution in [0.15, 0.2) is 35.2 Å². The predicted octanol–water partition coefficient (Wildman–Crippen LogP) is 2.60. The van der Waals surface area contributed by atoms with Gasteiger partial charge >= 0.3 is 0 Å². The maximum atomic E-state index is 5.85. The molecule has 22 heavy (non-hydrogen) atoms. The van der Waals surface area contributed by atoms with E-state index in [4.69, 9.17) is 11.5 Å². The zero-order valence-electron chi connectivity index (χ0n) is 12.6.